The van der Waals surface area contributed by atoms with Crippen LogP contribution >= 0.6 is 0 Å². The van der Waals surface area contributed by atoms with Crippen LogP contribution in [0.25, 0.3) is 10.9 Å². The zero-order valence-corrected chi connectivity index (χ0v) is 9.40. The molecular formula is C13H14FNO. The Kier molecular flexibility index (Phi) is 2.77. The van der Waals surface area contributed by atoms with E-state index < -0.39 is 0 Å². The first-order valence-electron chi connectivity index (χ1n) is 5.37. The highest BCUT2D eigenvalue weighted by Crippen LogP contribution is 2.26. The molecule has 1 aromatic heterocycles. The summed E-state index contributed by atoms with van der Waals surface area (Å²) in [5.74, 6) is -0.232. The summed E-state index contributed by atoms with van der Waals surface area (Å²) in [5, 5.41) is 0.591. The number of carbonyl (C=O) groups is 1. The van der Waals surface area contributed by atoms with Crippen molar-refractivity contribution in [2.75, 3.05) is 0 Å². The van der Waals surface area contributed by atoms with Crippen molar-refractivity contribution in [3.8, 4) is 0 Å². The second-order valence-corrected chi connectivity index (χ2v) is 4.14. The van der Waals surface area contributed by atoms with E-state index in [1.807, 2.05) is 24.5 Å². The molecule has 84 valence electrons. The minimum absolute atomic E-state index is 0.217. The molecule has 0 bridgehead atoms. The van der Waals surface area contributed by atoms with Gasteiger partial charge in [-0.15, -0.1) is 0 Å². The van der Waals surface area contributed by atoms with E-state index in [1.165, 1.54) is 6.07 Å². The lowest BCUT2D eigenvalue weighted by molar-refractivity contribution is -0.107. The predicted octanol–water partition coefficient (Wildman–Crippen LogP) is 3.10. The van der Waals surface area contributed by atoms with Gasteiger partial charge in [0, 0.05) is 23.5 Å². The Morgan fingerprint density at radius 1 is 1.44 bits per heavy atom. The van der Waals surface area contributed by atoms with Gasteiger partial charge in [0.1, 0.15) is 12.1 Å². The van der Waals surface area contributed by atoms with Gasteiger partial charge in [0.25, 0.3) is 0 Å². The lowest BCUT2D eigenvalue weighted by atomic mass is 10.2. The van der Waals surface area contributed by atoms with Crippen LogP contribution in [-0.2, 0) is 11.2 Å². The summed E-state index contributed by atoms with van der Waals surface area (Å²) in [6, 6.07) is 7.00. The SMILES string of the molecule is CC(C)n1c(CC=O)cc2c(F)cccc21. The minimum Gasteiger partial charge on any atom is -0.342 e. The van der Waals surface area contributed by atoms with Gasteiger partial charge >= 0.3 is 0 Å². The van der Waals surface area contributed by atoms with Gasteiger partial charge in [-0.25, -0.2) is 4.39 Å². The van der Waals surface area contributed by atoms with Crippen LogP contribution in [0.5, 0.6) is 0 Å². The maximum absolute atomic E-state index is 13.6. The maximum atomic E-state index is 13.6. The molecule has 0 unspecified atom stereocenters. The summed E-state index contributed by atoms with van der Waals surface area (Å²) in [7, 11) is 0. The van der Waals surface area contributed by atoms with Gasteiger partial charge in [-0.3, -0.25) is 0 Å². The van der Waals surface area contributed by atoms with E-state index >= 15 is 0 Å². The van der Waals surface area contributed by atoms with Gasteiger partial charge in [0.2, 0.25) is 0 Å². The van der Waals surface area contributed by atoms with Crippen molar-refractivity contribution in [3.63, 3.8) is 0 Å². The van der Waals surface area contributed by atoms with Gasteiger partial charge in [0.15, 0.2) is 0 Å². The maximum Gasteiger partial charge on any atom is 0.132 e. The average molecular weight is 219 g/mol. The van der Waals surface area contributed by atoms with E-state index in [0.717, 1.165) is 17.5 Å². The number of aldehydes is 1. The van der Waals surface area contributed by atoms with Crippen molar-refractivity contribution in [2.24, 2.45) is 0 Å². The van der Waals surface area contributed by atoms with Crippen LogP contribution in [0.4, 0.5) is 4.39 Å². The highest BCUT2D eigenvalue weighted by Gasteiger charge is 2.13. The number of aromatic nitrogens is 1. The normalized spacial score (nSPS) is 11.2. The van der Waals surface area contributed by atoms with Gasteiger partial charge in [-0.1, -0.05) is 6.07 Å². The zero-order chi connectivity index (χ0) is 11.7. The number of fused-ring (bicyclic) bond motifs is 1. The number of hydrogen-bond acceptors (Lipinski definition) is 1. The largest absolute Gasteiger partial charge is 0.342 e. The molecule has 16 heavy (non-hydrogen) atoms. The Morgan fingerprint density at radius 3 is 2.81 bits per heavy atom. The Labute approximate surface area is 93.7 Å². The second kappa shape index (κ2) is 4.08. The van der Waals surface area contributed by atoms with Gasteiger partial charge in [0.05, 0.1) is 5.52 Å². The Morgan fingerprint density at radius 2 is 2.19 bits per heavy atom. The van der Waals surface area contributed by atoms with Crippen LogP contribution in [0.1, 0.15) is 25.6 Å². The summed E-state index contributed by atoms with van der Waals surface area (Å²) in [5.41, 5.74) is 1.72. The van der Waals surface area contributed by atoms with Crippen LogP contribution in [0.2, 0.25) is 0 Å². The number of hydrogen-bond donors (Lipinski definition) is 0. The van der Waals surface area contributed by atoms with E-state index in [-0.39, 0.29) is 11.9 Å². The third kappa shape index (κ3) is 1.62. The summed E-state index contributed by atoms with van der Waals surface area (Å²) >= 11 is 0. The lowest BCUT2D eigenvalue weighted by Crippen LogP contribution is -2.05. The highest BCUT2D eigenvalue weighted by atomic mass is 19.1. The molecule has 0 aliphatic carbocycles. The van der Waals surface area contributed by atoms with E-state index in [4.69, 9.17) is 0 Å². The van der Waals surface area contributed by atoms with E-state index in [1.54, 1.807) is 12.1 Å². The predicted molar refractivity (Wildman–Crippen MR) is 62.0 cm³/mol. The number of halogens is 1. The number of carbonyl (C=O) groups excluding carboxylic acids is 1. The monoisotopic (exact) mass is 219 g/mol. The smallest absolute Gasteiger partial charge is 0.132 e. The molecule has 0 N–H and O–H groups in total. The summed E-state index contributed by atoms with van der Waals surface area (Å²) in [6.45, 7) is 4.05. The fourth-order valence-corrected chi connectivity index (χ4v) is 2.12. The molecule has 0 atom stereocenters. The lowest BCUT2D eigenvalue weighted by Gasteiger charge is -2.13. The van der Waals surface area contributed by atoms with Crippen molar-refractivity contribution in [2.45, 2.75) is 26.3 Å². The fraction of sp³-hybridized carbons (Fsp3) is 0.308. The molecule has 0 aliphatic rings. The molecule has 2 nitrogen and oxygen atoms in total. The molecule has 0 fully saturated rings. The molecule has 0 saturated carbocycles. The van der Waals surface area contributed by atoms with Crippen LogP contribution < -0.4 is 0 Å². The van der Waals surface area contributed by atoms with Crippen molar-refractivity contribution in [1.82, 2.24) is 4.57 Å². The second-order valence-electron chi connectivity index (χ2n) is 4.14. The molecule has 0 aliphatic heterocycles. The Bertz CT molecular complexity index is 528. The average Bonchev–Trinajstić information content (AvgIpc) is 2.58. The fourth-order valence-electron chi connectivity index (χ4n) is 2.12. The van der Waals surface area contributed by atoms with E-state index in [9.17, 15) is 9.18 Å². The highest BCUT2D eigenvalue weighted by molar-refractivity contribution is 5.83. The summed E-state index contributed by atoms with van der Waals surface area (Å²) < 4.78 is 15.6. The molecule has 2 rings (SSSR count). The minimum atomic E-state index is -0.232. The Hall–Kier alpha value is -1.64. The molecule has 1 heterocycles. The van der Waals surface area contributed by atoms with Gasteiger partial charge in [-0.2, -0.15) is 0 Å². The first-order valence-corrected chi connectivity index (χ1v) is 5.37. The van der Waals surface area contributed by atoms with Crippen molar-refractivity contribution in [3.05, 3.63) is 35.8 Å². The molecule has 0 amide bonds. The third-order valence-corrected chi connectivity index (χ3v) is 2.72. The Balaban J connectivity index is 2.75. The number of benzene rings is 1. The molecule has 1 aromatic carbocycles. The number of rotatable bonds is 3. The van der Waals surface area contributed by atoms with Crippen LogP contribution in [0.15, 0.2) is 24.3 Å². The van der Waals surface area contributed by atoms with Crippen molar-refractivity contribution in [1.29, 1.82) is 0 Å². The van der Waals surface area contributed by atoms with Crippen LogP contribution in [0, 0.1) is 5.82 Å². The molecule has 3 heteroatoms. The molecule has 0 spiro atoms. The zero-order valence-electron chi connectivity index (χ0n) is 9.40. The first-order chi connectivity index (χ1) is 7.65. The van der Waals surface area contributed by atoms with Crippen LogP contribution in [-0.4, -0.2) is 10.9 Å². The summed E-state index contributed by atoms with van der Waals surface area (Å²) in [6.07, 6.45) is 1.18. The van der Waals surface area contributed by atoms with Crippen LogP contribution in [0.3, 0.4) is 0 Å². The quantitative estimate of drug-likeness (QED) is 0.727. The topological polar surface area (TPSA) is 22.0 Å². The van der Waals surface area contributed by atoms with Gasteiger partial charge < -0.3 is 9.36 Å². The van der Waals surface area contributed by atoms with E-state index in [0.29, 0.717) is 11.8 Å². The first kappa shape index (κ1) is 10.9. The van der Waals surface area contributed by atoms with Gasteiger partial charge in [-0.05, 0) is 32.0 Å². The molecule has 0 saturated heterocycles. The molecule has 2 aromatic rings. The van der Waals surface area contributed by atoms with E-state index in [2.05, 4.69) is 0 Å². The summed E-state index contributed by atoms with van der Waals surface area (Å²) in [4.78, 5) is 10.6. The van der Waals surface area contributed by atoms with Crippen molar-refractivity contribution < 1.29 is 9.18 Å². The third-order valence-electron chi connectivity index (χ3n) is 2.72. The molecule has 0 radical (unpaired) electrons. The standard InChI is InChI=1S/C13H14FNO/c1-9(2)15-10(6-7-16)8-11-12(14)4-3-5-13(11)15/h3-5,7-9H,6H2,1-2H3. The number of nitrogens with zero attached hydrogens (tertiary/aromatic N) is 1. The molecular weight excluding hydrogens is 205 g/mol. The van der Waals surface area contributed by atoms with Crippen molar-refractivity contribution >= 4 is 17.2 Å².